The van der Waals surface area contributed by atoms with Crippen molar-refractivity contribution in [1.29, 1.82) is 0 Å². The second kappa shape index (κ2) is 6.83. The lowest BCUT2D eigenvalue weighted by molar-refractivity contribution is -0.121. The van der Waals surface area contributed by atoms with E-state index in [1.807, 2.05) is 0 Å². The van der Waals surface area contributed by atoms with Gasteiger partial charge in [-0.15, -0.1) is 0 Å². The summed E-state index contributed by atoms with van der Waals surface area (Å²) < 4.78 is 0. The summed E-state index contributed by atoms with van der Waals surface area (Å²) >= 11 is 0. The lowest BCUT2D eigenvalue weighted by Gasteiger charge is -2.26. The Morgan fingerprint density at radius 3 is 2.40 bits per heavy atom. The Morgan fingerprint density at radius 2 is 1.93 bits per heavy atom. The summed E-state index contributed by atoms with van der Waals surface area (Å²) in [5.41, 5.74) is -0.0805. The maximum atomic E-state index is 11.4. The molecule has 0 bridgehead atoms. The molecule has 0 fully saturated rings. The van der Waals surface area contributed by atoms with Gasteiger partial charge in [-0.1, -0.05) is 26.7 Å². The molecule has 0 spiro atoms. The molecule has 1 amide bonds. The van der Waals surface area contributed by atoms with E-state index in [2.05, 4.69) is 38.3 Å². The van der Waals surface area contributed by atoms with Crippen molar-refractivity contribution in [2.45, 2.75) is 52.5 Å². The molecule has 0 rings (SSSR count). The summed E-state index contributed by atoms with van der Waals surface area (Å²) in [5, 5.41) is 5.88. The Bertz CT molecular complexity index is 188. The third-order valence-electron chi connectivity index (χ3n) is 2.40. The minimum Gasteiger partial charge on any atom is -0.350 e. The fourth-order valence-corrected chi connectivity index (χ4v) is 1.60. The van der Waals surface area contributed by atoms with Gasteiger partial charge in [0.15, 0.2) is 0 Å². The fraction of sp³-hybridized carbons (Fsp3) is 0.917. The standard InChI is InChI=1S/C12H26N2O/c1-10(2)7-6-8-12(3,4)14-11(15)9-13-5/h10,13H,6-9H2,1-5H3,(H,14,15). The topological polar surface area (TPSA) is 41.1 Å². The average Bonchev–Trinajstić information content (AvgIpc) is 2.01. The van der Waals surface area contributed by atoms with E-state index in [0.29, 0.717) is 6.54 Å². The van der Waals surface area contributed by atoms with E-state index in [1.54, 1.807) is 7.05 Å². The van der Waals surface area contributed by atoms with Gasteiger partial charge in [0, 0.05) is 5.54 Å². The van der Waals surface area contributed by atoms with Gasteiger partial charge in [0.1, 0.15) is 0 Å². The molecule has 0 atom stereocenters. The van der Waals surface area contributed by atoms with E-state index in [0.717, 1.165) is 12.3 Å². The number of likely N-dealkylation sites (N-methyl/N-ethyl adjacent to an activating group) is 1. The van der Waals surface area contributed by atoms with Gasteiger partial charge in [-0.3, -0.25) is 4.79 Å². The quantitative estimate of drug-likeness (QED) is 0.680. The van der Waals surface area contributed by atoms with Crippen LogP contribution < -0.4 is 10.6 Å². The summed E-state index contributed by atoms with van der Waals surface area (Å²) in [7, 11) is 1.78. The molecular formula is C12H26N2O. The van der Waals surface area contributed by atoms with E-state index >= 15 is 0 Å². The zero-order valence-electron chi connectivity index (χ0n) is 10.8. The average molecular weight is 214 g/mol. The summed E-state index contributed by atoms with van der Waals surface area (Å²) in [6.07, 6.45) is 3.44. The third-order valence-corrected chi connectivity index (χ3v) is 2.40. The zero-order valence-corrected chi connectivity index (χ0v) is 10.8. The Morgan fingerprint density at radius 1 is 1.33 bits per heavy atom. The van der Waals surface area contributed by atoms with Crippen LogP contribution in [0.5, 0.6) is 0 Å². The molecule has 3 heteroatoms. The minimum absolute atomic E-state index is 0.0760. The number of nitrogens with one attached hydrogen (secondary N) is 2. The first-order chi connectivity index (χ1) is 6.87. The summed E-state index contributed by atoms with van der Waals surface area (Å²) in [4.78, 5) is 11.4. The molecule has 0 saturated carbocycles. The predicted molar refractivity (Wildman–Crippen MR) is 64.8 cm³/mol. The lowest BCUT2D eigenvalue weighted by atomic mass is 9.94. The van der Waals surface area contributed by atoms with Crippen molar-refractivity contribution < 1.29 is 4.79 Å². The number of rotatable bonds is 7. The van der Waals surface area contributed by atoms with E-state index in [1.165, 1.54) is 12.8 Å². The van der Waals surface area contributed by atoms with Gasteiger partial charge < -0.3 is 10.6 Å². The van der Waals surface area contributed by atoms with Gasteiger partial charge in [0.25, 0.3) is 0 Å². The largest absolute Gasteiger partial charge is 0.350 e. The summed E-state index contributed by atoms with van der Waals surface area (Å²) in [6, 6.07) is 0. The highest BCUT2D eigenvalue weighted by Gasteiger charge is 2.19. The molecule has 0 aromatic rings. The van der Waals surface area contributed by atoms with Crippen LogP contribution in [0.25, 0.3) is 0 Å². The van der Waals surface area contributed by atoms with Crippen LogP contribution >= 0.6 is 0 Å². The van der Waals surface area contributed by atoms with Crippen LogP contribution in [-0.2, 0) is 4.79 Å². The van der Waals surface area contributed by atoms with E-state index in [4.69, 9.17) is 0 Å². The van der Waals surface area contributed by atoms with Crippen molar-refractivity contribution in [3.05, 3.63) is 0 Å². The Hall–Kier alpha value is -0.570. The highest BCUT2D eigenvalue weighted by Crippen LogP contribution is 2.15. The molecule has 90 valence electrons. The van der Waals surface area contributed by atoms with E-state index in [9.17, 15) is 4.79 Å². The zero-order chi connectivity index (χ0) is 11.9. The molecule has 2 N–H and O–H groups in total. The number of carbonyl (C=O) groups is 1. The number of hydrogen-bond donors (Lipinski definition) is 2. The highest BCUT2D eigenvalue weighted by molar-refractivity contribution is 5.78. The first-order valence-electron chi connectivity index (χ1n) is 5.83. The van der Waals surface area contributed by atoms with Gasteiger partial charge >= 0.3 is 0 Å². The normalized spacial score (nSPS) is 11.9. The molecule has 0 saturated heterocycles. The number of amides is 1. The highest BCUT2D eigenvalue weighted by atomic mass is 16.2. The molecule has 0 heterocycles. The van der Waals surface area contributed by atoms with E-state index in [-0.39, 0.29) is 11.4 Å². The molecule has 15 heavy (non-hydrogen) atoms. The van der Waals surface area contributed by atoms with Gasteiger partial charge in [0.2, 0.25) is 5.91 Å². The second-order valence-corrected chi connectivity index (χ2v) is 5.25. The summed E-state index contributed by atoms with van der Waals surface area (Å²) in [5.74, 6) is 0.820. The maximum absolute atomic E-state index is 11.4. The van der Waals surface area contributed by atoms with Crippen LogP contribution in [0.3, 0.4) is 0 Å². The van der Waals surface area contributed by atoms with Gasteiger partial charge in [-0.05, 0) is 33.2 Å². The fourth-order valence-electron chi connectivity index (χ4n) is 1.60. The molecule has 0 aromatic heterocycles. The second-order valence-electron chi connectivity index (χ2n) is 5.25. The molecule has 0 aromatic carbocycles. The molecule has 0 aliphatic heterocycles. The van der Waals surface area contributed by atoms with Crippen molar-refractivity contribution in [2.75, 3.05) is 13.6 Å². The van der Waals surface area contributed by atoms with Crippen LogP contribution in [0.4, 0.5) is 0 Å². The molecular weight excluding hydrogens is 188 g/mol. The maximum Gasteiger partial charge on any atom is 0.234 e. The Balaban J connectivity index is 3.80. The van der Waals surface area contributed by atoms with Crippen LogP contribution in [0.1, 0.15) is 47.0 Å². The van der Waals surface area contributed by atoms with Crippen LogP contribution in [0.2, 0.25) is 0 Å². The monoisotopic (exact) mass is 214 g/mol. The van der Waals surface area contributed by atoms with Crippen LogP contribution in [0.15, 0.2) is 0 Å². The molecule has 3 nitrogen and oxygen atoms in total. The van der Waals surface area contributed by atoms with E-state index < -0.39 is 0 Å². The smallest absolute Gasteiger partial charge is 0.234 e. The van der Waals surface area contributed by atoms with Crippen molar-refractivity contribution in [2.24, 2.45) is 5.92 Å². The van der Waals surface area contributed by atoms with Crippen LogP contribution in [-0.4, -0.2) is 25.0 Å². The first kappa shape index (κ1) is 14.4. The van der Waals surface area contributed by atoms with Gasteiger partial charge in [-0.2, -0.15) is 0 Å². The van der Waals surface area contributed by atoms with Crippen molar-refractivity contribution in [3.8, 4) is 0 Å². The lowest BCUT2D eigenvalue weighted by Crippen LogP contribution is -2.46. The third kappa shape index (κ3) is 8.43. The molecule has 0 radical (unpaired) electrons. The number of carbonyl (C=O) groups excluding carboxylic acids is 1. The van der Waals surface area contributed by atoms with Gasteiger partial charge in [-0.25, -0.2) is 0 Å². The van der Waals surface area contributed by atoms with Crippen molar-refractivity contribution in [3.63, 3.8) is 0 Å². The number of hydrogen-bond acceptors (Lipinski definition) is 2. The van der Waals surface area contributed by atoms with Crippen molar-refractivity contribution in [1.82, 2.24) is 10.6 Å². The SMILES string of the molecule is CNCC(=O)NC(C)(C)CCCC(C)C. The molecule has 0 aliphatic rings. The molecule has 0 unspecified atom stereocenters. The Labute approximate surface area is 94.0 Å². The Kier molecular flexibility index (Phi) is 6.57. The predicted octanol–water partition coefficient (Wildman–Crippen LogP) is 1.93. The summed E-state index contributed by atoms with van der Waals surface area (Å²) in [6.45, 7) is 9.02. The van der Waals surface area contributed by atoms with Crippen molar-refractivity contribution >= 4 is 5.91 Å². The van der Waals surface area contributed by atoms with Crippen LogP contribution in [0, 0.1) is 5.92 Å². The first-order valence-corrected chi connectivity index (χ1v) is 5.83. The van der Waals surface area contributed by atoms with Gasteiger partial charge in [0.05, 0.1) is 6.54 Å². The minimum atomic E-state index is -0.0805. The molecule has 0 aliphatic carbocycles.